The first kappa shape index (κ1) is 20.6. The van der Waals surface area contributed by atoms with Gasteiger partial charge in [0.15, 0.2) is 0 Å². The van der Waals surface area contributed by atoms with Gasteiger partial charge in [-0.2, -0.15) is 0 Å². The first-order valence-electron chi connectivity index (χ1n) is 9.43. The number of pyridine rings is 1. The number of fused-ring (bicyclic) bond motifs is 2. The maximum Gasteiger partial charge on any atom is 0.414 e. The van der Waals surface area contributed by atoms with E-state index in [4.69, 9.17) is 4.74 Å². The average Bonchev–Trinajstić information content (AvgIpc) is 3.15. The van der Waals surface area contributed by atoms with E-state index in [9.17, 15) is 9.59 Å². The molecule has 1 unspecified atom stereocenters. The molecule has 1 aliphatic rings. The van der Waals surface area contributed by atoms with Crippen LogP contribution < -0.4 is 9.80 Å². The lowest BCUT2D eigenvalue weighted by molar-refractivity contribution is -0.107. The fourth-order valence-corrected chi connectivity index (χ4v) is 5.40. The Morgan fingerprint density at radius 3 is 2.87 bits per heavy atom. The number of hydrogen-bond donors (Lipinski definition) is 0. The van der Waals surface area contributed by atoms with Gasteiger partial charge in [0.2, 0.25) is 6.41 Å². The van der Waals surface area contributed by atoms with Gasteiger partial charge >= 0.3 is 6.09 Å². The monoisotopic (exact) mass is 439 g/mol. The first-order valence-corrected chi connectivity index (χ1v) is 12.0. The summed E-state index contributed by atoms with van der Waals surface area (Å²) in [6, 6.07) is 15.3. The summed E-state index contributed by atoms with van der Waals surface area (Å²) < 4.78 is 5.02. The molecule has 0 saturated carbocycles. The SMILES string of the molecule is COC(=O)N1c2ccccc2CC1CN(C=O)c1ccc(SSC)c2ncccc12. The summed E-state index contributed by atoms with van der Waals surface area (Å²) in [6.45, 7) is 0.353. The highest BCUT2D eigenvalue weighted by Crippen LogP contribution is 2.38. The van der Waals surface area contributed by atoms with Crippen LogP contribution in [0, 0.1) is 0 Å². The highest BCUT2D eigenvalue weighted by atomic mass is 33.1. The lowest BCUT2D eigenvalue weighted by atomic mass is 10.1. The van der Waals surface area contributed by atoms with E-state index in [1.165, 1.54) is 7.11 Å². The lowest BCUT2D eigenvalue weighted by Crippen LogP contribution is -2.45. The van der Waals surface area contributed by atoms with Gasteiger partial charge in [0, 0.05) is 23.0 Å². The average molecular weight is 440 g/mol. The Labute approximate surface area is 183 Å². The summed E-state index contributed by atoms with van der Waals surface area (Å²) in [5.41, 5.74) is 3.54. The molecule has 154 valence electrons. The molecule has 2 heterocycles. The minimum absolute atomic E-state index is 0.216. The number of benzene rings is 2. The number of para-hydroxylation sites is 1. The zero-order valence-corrected chi connectivity index (χ0v) is 18.3. The maximum absolute atomic E-state index is 12.5. The van der Waals surface area contributed by atoms with Gasteiger partial charge in [-0.25, -0.2) is 4.79 Å². The van der Waals surface area contributed by atoms with Crippen molar-refractivity contribution in [2.75, 3.05) is 29.7 Å². The van der Waals surface area contributed by atoms with Crippen molar-refractivity contribution in [2.45, 2.75) is 17.4 Å². The van der Waals surface area contributed by atoms with Crippen LogP contribution >= 0.6 is 21.6 Å². The molecule has 1 atom stereocenters. The predicted molar refractivity (Wildman–Crippen MR) is 123 cm³/mol. The Morgan fingerprint density at radius 1 is 1.27 bits per heavy atom. The number of rotatable bonds is 6. The third-order valence-electron chi connectivity index (χ3n) is 5.17. The van der Waals surface area contributed by atoms with Crippen LogP contribution in [0.2, 0.25) is 0 Å². The van der Waals surface area contributed by atoms with E-state index in [-0.39, 0.29) is 6.04 Å². The van der Waals surface area contributed by atoms with Crippen LogP contribution in [-0.2, 0) is 16.0 Å². The minimum Gasteiger partial charge on any atom is -0.452 e. The van der Waals surface area contributed by atoms with Crippen LogP contribution in [0.3, 0.4) is 0 Å². The van der Waals surface area contributed by atoms with Crippen LogP contribution in [-0.4, -0.2) is 43.4 Å². The molecular weight excluding hydrogens is 418 g/mol. The zero-order chi connectivity index (χ0) is 21.1. The molecule has 0 bridgehead atoms. The fourth-order valence-electron chi connectivity index (χ4n) is 3.92. The highest BCUT2D eigenvalue weighted by Gasteiger charge is 2.35. The van der Waals surface area contributed by atoms with E-state index in [2.05, 4.69) is 4.98 Å². The van der Waals surface area contributed by atoms with Crippen LogP contribution in [0.25, 0.3) is 10.9 Å². The molecule has 3 aromatic rings. The van der Waals surface area contributed by atoms with Crippen LogP contribution in [0.5, 0.6) is 0 Å². The minimum atomic E-state index is -0.422. The number of hydrogen-bond acceptors (Lipinski definition) is 6. The van der Waals surface area contributed by atoms with Crippen molar-refractivity contribution < 1.29 is 14.3 Å². The molecule has 1 aromatic heterocycles. The van der Waals surface area contributed by atoms with Crippen molar-refractivity contribution in [2.24, 2.45) is 0 Å². The third kappa shape index (κ3) is 3.73. The molecule has 0 fully saturated rings. The van der Waals surface area contributed by atoms with Gasteiger partial charge in [0.1, 0.15) is 0 Å². The van der Waals surface area contributed by atoms with Crippen LogP contribution in [0.1, 0.15) is 5.56 Å². The summed E-state index contributed by atoms with van der Waals surface area (Å²) >= 11 is 0. The number of carbonyl (C=O) groups excluding carboxylic acids is 2. The van der Waals surface area contributed by atoms with E-state index in [1.807, 2.05) is 54.8 Å². The number of amides is 2. The van der Waals surface area contributed by atoms with E-state index < -0.39 is 6.09 Å². The molecule has 2 amide bonds. The van der Waals surface area contributed by atoms with Crippen molar-refractivity contribution >= 4 is 56.4 Å². The standard InChI is InChI=1S/C22H21N3O3S2/c1-28-22(27)25-16(12-15-6-3-4-8-18(15)25)13-24(14-26)19-9-10-20(30-29-2)21-17(19)7-5-11-23-21/h3-11,14,16H,12-13H2,1-2H3. The summed E-state index contributed by atoms with van der Waals surface area (Å²) in [4.78, 5) is 33.5. The Kier molecular flexibility index (Phi) is 6.15. The Morgan fingerprint density at radius 2 is 2.10 bits per heavy atom. The summed E-state index contributed by atoms with van der Waals surface area (Å²) in [5, 5.41) is 0.906. The Bertz CT molecular complexity index is 1090. The maximum atomic E-state index is 12.5. The second-order valence-corrected chi connectivity index (χ2v) is 9.26. The normalized spacial score (nSPS) is 15.1. The second-order valence-electron chi connectivity index (χ2n) is 6.82. The number of anilines is 2. The van der Waals surface area contributed by atoms with E-state index in [0.29, 0.717) is 13.0 Å². The van der Waals surface area contributed by atoms with Gasteiger partial charge in [-0.15, -0.1) is 0 Å². The molecule has 4 rings (SSSR count). The van der Waals surface area contributed by atoms with E-state index in [1.54, 1.807) is 37.6 Å². The van der Waals surface area contributed by atoms with Gasteiger partial charge in [-0.05, 0) is 48.6 Å². The van der Waals surface area contributed by atoms with Crippen molar-refractivity contribution in [3.8, 4) is 0 Å². The van der Waals surface area contributed by atoms with Gasteiger partial charge < -0.3 is 9.64 Å². The molecule has 0 N–H and O–H groups in total. The predicted octanol–water partition coefficient (Wildman–Crippen LogP) is 4.77. The molecular formula is C22H21N3O3S2. The molecule has 30 heavy (non-hydrogen) atoms. The number of aromatic nitrogens is 1. The number of nitrogens with zero attached hydrogens (tertiary/aromatic N) is 3. The highest BCUT2D eigenvalue weighted by molar-refractivity contribution is 8.76. The van der Waals surface area contributed by atoms with Crippen molar-refractivity contribution in [1.29, 1.82) is 0 Å². The van der Waals surface area contributed by atoms with Crippen molar-refractivity contribution in [3.05, 3.63) is 60.3 Å². The quantitative estimate of drug-likeness (QED) is 0.407. The summed E-state index contributed by atoms with van der Waals surface area (Å²) in [7, 11) is 4.67. The number of carbonyl (C=O) groups is 2. The van der Waals surface area contributed by atoms with Crippen LogP contribution in [0.15, 0.2) is 59.6 Å². The second kappa shape index (κ2) is 8.97. The van der Waals surface area contributed by atoms with E-state index >= 15 is 0 Å². The van der Waals surface area contributed by atoms with Gasteiger partial charge in [-0.1, -0.05) is 39.8 Å². The van der Waals surface area contributed by atoms with Gasteiger partial charge in [-0.3, -0.25) is 14.7 Å². The first-order chi connectivity index (χ1) is 14.7. The third-order valence-corrected chi connectivity index (χ3v) is 6.88. The van der Waals surface area contributed by atoms with E-state index in [0.717, 1.165) is 39.1 Å². The summed E-state index contributed by atoms with van der Waals surface area (Å²) in [6.07, 6.45) is 4.83. The molecule has 0 radical (unpaired) electrons. The lowest BCUT2D eigenvalue weighted by Gasteiger charge is -2.29. The Balaban J connectivity index is 1.70. The van der Waals surface area contributed by atoms with Crippen molar-refractivity contribution in [1.82, 2.24) is 4.98 Å². The summed E-state index contributed by atoms with van der Waals surface area (Å²) in [5.74, 6) is 0. The largest absolute Gasteiger partial charge is 0.452 e. The molecule has 0 spiro atoms. The molecule has 0 aliphatic carbocycles. The van der Waals surface area contributed by atoms with Crippen LogP contribution in [0.4, 0.5) is 16.2 Å². The topological polar surface area (TPSA) is 62.7 Å². The molecule has 0 saturated heterocycles. The molecule has 2 aromatic carbocycles. The zero-order valence-electron chi connectivity index (χ0n) is 16.6. The number of methoxy groups -OCH3 is 1. The fraction of sp³-hybridized carbons (Fsp3) is 0.227. The Hall–Kier alpha value is -2.71. The van der Waals surface area contributed by atoms with Crippen molar-refractivity contribution in [3.63, 3.8) is 0 Å². The molecule has 1 aliphatic heterocycles. The molecule has 6 nitrogen and oxygen atoms in total. The van der Waals surface area contributed by atoms with Gasteiger partial charge in [0.25, 0.3) is 0 Å². The van der Waals surface area contributed by atoms with Gasteiger partial charge in [0.05, 0.1) is 30.0 Å². The number of ether oxygens (including phenoxy) is 1. The smallest absolute Gasteiger partial charge is 0.414 e. The molecule has 8 heteroatoms.